The molecular formula is C19H14F2N6S. The number of pyridine rings is 1. The smallest absolute Gasteiger partial charge is 0.179 e. The number of benzene rings is 2. The summed E-state index contributed by atoms with van der Waals surface area (Å²) in [6.07, 6.45) is 1.91. The number of hydrogen-bond acceptors (Lipinski definition) is 6. The molecule has 2 heterocycles. The molecule has 2 N–H and O–H groups in total. The number of aromatic amines is 1. The summed E-state index contributed by atoms with van der Waals surface area (Å²) in [4.78, 5) is 4.66. The van der Waals surface area contributed by atoms with Gasteiger partial charge in [0.15, 0.2) is 5.82 Å². The van der Waals surface area contributed by atoms with E-state index in [4.69, 9.17) is 0 Å². The zero-order valence-electron chi connectivity index (χ0n) is 14.7. The van der Waals surface area contributed by atoms with E-state index in [1.54, 1.807) is 0 Å². The second-order valence-corrected chi connectivity index (χ2v) is 6.68. The van der Waals surface area contributed by atoms with Crippen molar-refractivity contribution in [3.05, 3.63) is 58.5 Å². The highest BCUT2D eigenvalue weighted by molar-refractivity contribution is 8.05. The molecule has 0 fully saturated rings. The maximum atomic E-state index is 13.6. The van der Waals surface area contributed by atoms with Crippen molar-refractivity contribution in [2.75, 3.05) is 11.6 Å². The number of aromatic nitrogens is 5. The number of hydrogen-bond donors (Lipinski definition) is 2. The largest absolute Gasteiger partial charge is 0.340 e. The Morgan fingerprint density at radius 2 is 1.93 bits per heavy atom. The molecule has 0 unspecified atom stereocenters. The third kappa shape index (κ3) is 3.44. The molecule has 0 saturated carbocycles. The van der Waals surface area contributed by atoms with Crippen molar-refractivity contribution in [1.29, 1.82) is 0 Å². The van der Waals surface area contributed by atoms with Crippen LogP contribution in [0, 0.1) is 11.6 Å². The molecule has 4 aromatic rings. The minimum Gasteiger partial charge on any atom is -0.340 e. The predicted octanol–water partition coefficient (Wildman–Crippen LogP) is 2.95. The molecule has 0 saturated heterocycles. The highest BCUT2D eigenvalue weighted by Gasteiger charge is 2.09. The van der Waals surface area contributed by atoms with Crippen molar-refractivity contribution >= 4 is 46.2 Å². The molecule has 0 amide bonds. The Hall–Kier alpha value is -3.33. The maximum Gasteiger partial charge on any atom is 0.179 e. The summed E-state index contributed by atoms with van der Waals surface area (Å²) in [5.41, 5.74) is 1.67. The van der Waals surface area contributed by atoms with E-state index < -0.39 is 11.6 Å². The Morgan fingerprint density at radius 3 is 2.61 bits per heavy atom. The van der Waals surface area contributed by atoms with E-state index in [2.05, 4.69) is 37.5 Å². The van der Waals surface area contributed by atoms with Crippen LogP contribution in [0.2, 0.25) is 0 Å². The van der Waals surface area contributed by atoms with Gasteiger partial charge in [0.1, 0.15) is 17.5 Å². The normalized spacial score (nSPS) is 11.9. The van der Waals surface area contributed by atoms with Crippen molar-refractivity contribution in [1.82, 2.24) is 25.6 Å². The monoisotopic (exact) mass is 396 g/mol. The first-order valence-corrected chi connectivity index (χ1v) is 9.47. The molecule has 140 valence electrons. The molecule has 0 radical (unpaired) electrons. The molecule has 0 atom stereocenters. The average molecular weight is 396 g/mol. The van der Waals surface area contributed by atoms with Crippen molar-refractivity contribution in [3.63, 3.8) is 0 Å². The van der Waals surface area contributed by atoms with Crippen molar-refractivity contribution in [3.8, 4) is 11.4 Å². The number of thioether (sulfide) groups is 1. The lowest BCUT2D eigenvalue weighted by molar-refractivity contribution is 0.584. The lowest BCUT2D eigenvalue weighted by atomic mass is 10.1. The fourth-order valence-corrected chi connectivity index (χ4v) is 3.37. The van der Waals surface area contributed by atoms with E-state index >= 15 is 0 Å². The SMILES string of the molecule is C=c1/c(=C\SC)c(Nc2cc(F)cc(F)c2)nc2cc(-c3nnn[nH]3)ccc12. The number of rotatable bonds is 4. The van der Waals surface area contributed by atoms with E-state index in [1.165, 1.54) is 23.9 Å². The van der Waals surface area contributed by atoms with Crippen molar-refractivity contribution in [2.45, 2.75) is 0 Å². The number of nitrogens with one attached hydrogen (secondary N) is 2. The summed E-state index contributed by atoms with van der Waals surface area (Å²) < 4.78 is 27.1. The number of nitrogens with zero attached hydrogens (tertiary/aromatic N) is 4. The molecule has 4 rings (SSSR count). The zero-order chi connectivity index (χ0) is 19.7. The topological polar surface area (TPSA) is 79.4 Å². The predicted molar refractivity (Wildman–Crippen MR) is 107 cm³/mol. The first-order valence-electron chi connectivity index (χ1n) is 8.18. The van der Waals surface area contributed by atoms with Gasteiger partial charge >= 0.3 is 0 Å². The number of fused-ring (bicyclic) bond motifs is 1. The molecule has 0 aliphatic rings. The second-order valence-electron chi connectivity index (χ2n) is 5.97. The van der Waals surface area contributed by atoms with Gasteiger partial charge in [0, 0.05) is 27.9 Å². The molecule has 0 bridgehead atoms. The Morgan fingerprint density at radius 1 is 1.14 bits per heavy atom. The van der Waals surface area contributed by atoms with Crippen LogP contribution in [0.3, 0.4) is 0 Å². The van der Waals surface area contributed by atoms with E-state index in [0.717, 1.165) is 27.5 Å². The summed E-state index contributed by atoms with van der Waals surface area (Å²) in [7, 11) is 0. The van der Waals surface area contributed by atoms with E-state index in [1.807, 2.05) is 29.9 Å². The number of H-pyrrole nitrogens is 1. The molecule has 0 aliphatic heterocycles. The fraction of sp³-hybridized carbons (Fsp3) is 0.0526. The Bertz CT molecular complexity index is 1250. The van der Waals surface area contributed by atoms with Gasteiger partial charge in [-0.15, -0.1) is 16.9 Å². The maximum absolute atomic E-state index is 13.6. The van der Waals surface area contributed by atoms with Gasteiger partial charge in [0.25, 0.3) is 0 Å². The molecule has 0 aliphatic carbocycles. The highest BCUT2D eigenvalue weighted by Crippen LogP contribution is 2.20. The third-order valence-corrected chi connectivity index (χ3v) is 4.59. The summed E-state index contributed by atoms with van der Waals surface area (Å²) >= 11 is 1.48. The summed E-state index contributed by atoms with van der Waals surface area (Å²) in [5.74, 6) is -0.386. The minimum absolute atomic E-state index is 0.259. The first kappa shape index (κ1) is 18.1. The zero-order valence-corrected chi connectivity index (χ0v) is 15.5. The second kappa shape index (κ2) is 7.35. The van der Waals surface area contributed by atoms with E-state index in [0.29, 0.717) is 17.2 Å². The third-order valence-electron chi connectivity index (χ3n) is 4.12. The molecule has 28 heavy (non-hydrogen) atoms. The lowest BCUT2D eigenvalue weighted by Gasteiger charge is -2.10. The van der Waals surface area contributed by atoms with Crippen LogP contribution >= 0.6 is 11.8 Å². The van der Waals surface area contributed by atoms with E-state index in [9.17, 15) is 8.78 Å². The number of anilines is 2. The van der Waals surface area contributed by atoms with Gasteiger partial charge in [0.2, 0.25) is 0 Å². The van der Waals surface area contributed by atoms with Crippen LogP contribution in [0.1, 0.15) is 0 Å². The van der Waals surface area contributed by atoms with Crippen LogP contribution in [0.15, 0.2) is 36.4 Å². The summed E-state index contributed by atoms with van der Waals surface area (Å²) in [5, 5.41) is 21.0. The first-order chi connectivity index (χ1) is 13.5. The standard InChI is InChI=1S/C19H14F2N6S/c1-10-15-4-3-11(18-24-26-27-25-18)5-17(15)23-19(16(10)9-28-2)22-14-7-12(20)6-13(21)8-14/h3-9H,1H2,2H3,(H,22,23)(H,24,25,26,27)/b16-9+. The molecular weight excluding hydrogens is 382 g/mol. The Labute approximate surface area is 162 Å². The van der Waals surface area contributed by atoms with Gasteiger partial charge in [0.05, 0.1) is 5.52 Å². The summed E-state index contributed by atoms with van der Waals surface area (Å²) in [6.45, 7) is 4.18. The Kier molecular flexibility index (Phi) is 4.74. The Balaban J connectivity index is 1.91. The molecule has 6 nitrogen and oxygen atoms in total. The van der Waals surface area contributed by atoms with E-state index in [-0.39, 0.29) is 5.69 Å². The van der Waals surface area contributed by atoms with Crippen molar-refractivity contribution in [2.24, 2.45) is 0 Å². The van der Waals surface area contributed by atoms with Crippen LogP contribution in [-0.4, -0.2) is 31.9 Å². The lowest BCUT2D eigenvalue weighted by Crippen LogP contribution is -2.28. The van der Waals surface area contributed by atoms with Crippen LogP contribution in [0.5, 0.6) is 0 Å². The average Bonchev–Trinajstić information content (AvgIpc) is 3.18. The summed E-state index contributed by atoms with van der Waals surface area (Å²) in [6, 6.07) is 8.82. The molecule has 2 aromatic heterocycles. The molecule has 2 aromatic carbocycles. The van der Waals surface area contributed by atoms with Gasteiger partial charge < -0.3 is 5.32 Å². The molecule has 0 spiro atoms. The number of halogens is 2. The van der Waals surface area contributed by atoms with Crippen LogP contribution in [-0.2, 0) is 0 Å². The van der Waals surface area contributed by atoms with Crippen LogP contribution in [0.25, 0.3) is 34.3 Å². The van der Waals surface area contributed by atoms with Crippen LogP contribution < -0.4 is 15.8 Å². The van der Waals surface area contributed by atoms with Crippen LogP contribution in [0.4, 0.5) is 20.3 Å². The minimum atomic E-state index is -0.673. The van der Waals surface area contributed by atoms with Gasteiger partial charge in [-0.25, -0.2) is 18.9 Å². The van der Waals surface area contributed by atoms with Gasteiger partial charge in [-0.2, -0.15) is 0 Å². The van der Waals surface area contributed by atoms with Gasteiger partial charge in [-0.1, -0.05) is 18.7 Å². The highest BCUT2D eigenvalue weighted by atomic mass is 32.2. The van der Waals surface area contributed by atoms with Gasteiger partial charge in [-0.05, 0) is 45.5 Å². The number of tetrazole rings is 1. The van der Waals surface area contributed by atoms with Gasteiger partial charge in [-0.3, -0.25) is 0 Å². The quantitative estimate of drug-likeness (QED) is 0.552. The van der Waals surface area contributed by atoms with Crippen molar-refractivity contribution < 1.29 is 8.78 Å². The fourth-order valence-electron chi connectivity index (χ4n) is 2.88. The molecule has 9 heteroatoms.